The molecule has 472 valence electrons. The third kappa shape index (κ3) is 67.8. The Morgan fingerprint density at radius 3 is 0.753 bits per heavy atom. The molecule has 0 aromatic heterocycles. The lowest BCUT2D eigenvalue weighted by Gasteiger charge is -2.18. The molecule has 0 spiro atoms. The van der Waals surface area contributed by atoms with Gasteiger partial charge in [-0.2, -0.15) is 0 Å². The minimum Gasteiger partial charge on any atom is -0.462 e. The fourth-order valence-corrected chi connectivity index (χ4v) is 10.7. The molecule has 0 saturated carbocycles. The van der Waals surface area contributed by atoms with E-state index in [0.29, 0.717) is 19.3 Å². The van der Waals surface area contributed by atoms with Gasteiger partial charge in [0.2, 0.25) is 0 Å². The van der Waals surface area contributed by atoms with Gasteiger partial charge in [-0.15, -0.1) is 0 Å². The molecule has 0 saturated heterocycles. The molecular weight excluding hydrogens is 997 g/mol. The van der Waals surface area contributed by atoms with Gasteiger partial charge < -0.3 is 14.2 Å². The molecule has 0 rings (SSSR count). The van der Waals surface area contributed by atoms with Gasteiger partial charge >= 0.3 is 17.9 Å². The highest BCUT2D eigenvalue weighted by Crippen LogP contribution is 2.19. The average molecular weight is 1130 g/mol. The molecule has 1 unspecified atom stereocenters. The van der Waals surface area contributed by atoms with Crippen molar-refractivity contribution in [3.05, 3.63) is 60.8 Å². The third-order valence-electron chi connectivity index (χ3n) is 16.0. The second-order valence-electron chi connectivity index (χ2n) is 24.1. The molecule has 6 nitrogen and oxygen atoms in total. The Hall–Kier alpha value is -2.89. The number of unbranched alkanes of at least 4 members (excludes halogenated alkanes) is 45. The molecule has 0 aliphatic rings. The maximum atomic E-state index is 13.0. The van der Waals surface area contributed by atoms with Crippen molar-refractivity contribution < 1.29 is 28.6 Å². The first-order chi connectivity index (χ1) is 40.0. The van der Waals surface area contributed by atoms with E-state index in [-0.39, 0.29) is 31.1 Å². The van der Waals surface area contributed by atoms with E-state index >= 15 is 0 Å². The van der Waals surface area contributed by atoms with E-state index in [2.05, 4.69) is 81.5 Å². The monoisotopic (exact) mass is 1130 g/mol. The summed E-state index contributed by atoms with van der Waals surface area (Å²) in [7, 11) is 0. The van der Waals surface area contributed by atoms with Gasteiger partial charge in [0.1, 0.15) is 13.2 Å². The number of hydrogen-bond acceptors (Lipinski definition) is 6. The van der Waals surface area contributed by atoms with Crippen molar-refractivity contribution in [3.8, 4) is 0 Å². The standard InChI is InChI=1S/C75H136O6/c1-4-7-10-13-16-19-22-25-28-31-34-36-37-39-41-44-47-50-53-56-59-62-65-68-74(77)80-71-72(70-79-73(76)67-64-61-58-55-52-49-46-43-40-33-30-27-24-21-18-15-12-9-6-3)81-75(78)69-66-63-60-57-54-51-48-45-42-38-35-32-29-26-23-20-17-14-11-8-5-2/h7,10,16,19,25,28,34,36,39,41,72H,4-6,8-9,11-15,17-18,20-24,26-27,29-33,35,37-38,40,42-71H2,1-3H3/b10-7-,19-16-,28-25-,36-34-,41-39-. The normalized spacial score (nSPS) is 12.4. The summed E-state index contributed by atoms with van der Waals surface area (Å²) in [6.45, 7) is 6.60. The fraction of sp³-hybridized carbons (Fsp3) is 0.827. The van der Waals surface area contributed by atoms with Gasteiger partial charge in [0, 0.05) is 19.3 Å². The van der Waals surface area contributed by atoms with Crippen molar-refractivity contribution in [2.45, 2.75) is 386 Å². The molecule has 0 fully saturated rings. The van der Waals surface area contributed by atoms with E-state index in [1.807, 2.05) is 0 Å². The Bertz CT molecular complexity index is 1440. The second kappa shape index (κ2) is 69.6. The van der Waals surface area contributed by atoms with Crippen LogP contribution >= 0.6 is 0 Å². The van der Waals surface area contributed by atoms with Crippen LogP contribution in [0, 0.1) is 0 Å². The Balaban J connectivity index is 4.35. The molecule has 0 bridgehead atoms. The summed E-state index contributed by atoms with van der Waals surface area (Å²) >= 11 is 0. The van der Waals surface area contributed by atoms with E-state index in [0.717, 1.165) is 96.3 Å². The molecule has 0 amide bonds. The largest absolute Gasteiger partial charge is 0.462 e. The highest BCUT2D eigenvalue weighted by molar-refractivity contribution is 5.71. The van der Waals surface area contributed by atoms with Gasteiger partial charge in [-0.1, -0.05) is 358 Å². The molecule has 0 heterocycles. The highest BCUT2D eigenvalue weighted by atomic mass is 16.6. The van der Waals surface area contributed by atoms with Crippen LogP contribution in [0.15, 0.2) is 60.8 Å². The van der Waals surface area contributed by atoms with Crippen LogP contribution < -0.4 is 0 Å². The van der Waals surface area contributed by atoms with Crippen molar-refractivity contribution in [2.24, 2.45) is 0 Å². The summed E-state index contributed by atoms with van der Waals surface area (Å²) in [6.07, 6.45) is 89.6. The first kappa shape index (κ1) is 78.1. The van der Waals surface area contributed by atoms with Crippen LogP contribution in [-0.2, 0) is 28.6 Å². The van der Waals surface area contributed by atoms with E-state index < -0.39 is 6.10 Å². The predicted molar refractivity (Wildman–Crippen MR) is 353 cm³/mol. The zero-order valence-electron chi connectivity index (χ0n) is 54.3. The molecule has 0 radical (unpaired) electrons. The fourth-order valence-electron chi connectivity index (χ4n) is 10.7. The molecule has 6 heteroatoms. The summed E-state index contributed by atoms with van der Waals surface area (Å²) in [5.74, 6) is -0.854. The van der Waals surface area contributed by atoms with Gasteiger partial charge in [0.25, 0.3) is 0 Å². The predicted octanol–water partition coefficient (Wildman–Crippen LogP) is 24.7. The second-order valence-corrected chi connectivity index (χ2v) is 24.1. The molecule has 1 atom stereocenters. The topological polar surface area (TPSA) is 78.9 Å². The molecule has 0 aliphatic carbocycles. The number of esters is 3. The first-order valence-corrected chi connectivity index (χ1v) is 35.8. The maximum Gasteiger partial charge on any atom is 0.306 e. The van der Waals surface area contributed by atoms with E-state index in [4.69, 9.17) is 14.2 Å². The zero-order valence-corrected chi connectivity index (χ0v) is 54.3. The molecule has 81 heavy (non-hydrogen) atoms. The minimum atomic E-state index is -0.778. The van der Waals surface area contributed by atoms with Crippen LogP contribution in [-0.4, -0.2) is 37.2 Å². The van der Waals surface area contributed by atoms with Gasteiger partial charge in [0.05, 0.1) is 0 Å². The maximum absolute atomic E-state index is 13.0. The number of rotatable bonds is 66. The van der Waals surface area contributed by atoms with E-state index in [9.17, 15) is 14.4 Å². The lowest BCUT2D eigenvalue weighted by molar-refractivity contribution is -0.167. The summed E-state index contributed by atoms with van der Waals surface area (Å²) in [6, 6.07) is 0. The Labute approximate surface area is 504 Å². The highest BCUT2D eigenvalue weighted by Gasteiger charge is 2.19. The zero-order chi connectivity index (χ0) is 58.5. The Morgan fingerprint density at radius 2 is 0.481 bits per heavy atom. The van der Waals surface area contributed by atoms with Crippen molar-refractivity contribution in [3.63, 3.8) is 0 Å². The summed E-state index contributed by atoms with van der Waals surface area (Å²) in [4.78, 5) is 38.5. The molecule has 0 aromatic rings. The number of ether oxygens (including phenoxy) is 3. The lowest BCUT2D eigenvalue weighted by Crippen LogP contribution is -2.30. The Kier molecular flexibility index (Phi) is 67.1. The molecular formula is C75H136O6. The van der Waals surface area contributed by atoms with Crippen molar-refractivity contribution in [2.75, 3.05) is 13.2 Å². The van der Waals surface area contributed by atoms with Gasteiger partial charge in [0.15, 0.2) is 6.10 Å². The SMILES string of the molecule is CC/C=C\C/C=C\C/C=C\C/C=C\C/C=C\CCCCCCCCCC(=O)OCC(COC(=O)CCCCCCCCCCCCCCCCCCCCC)OC(=O)CCCCCCCCCCCCCCCCCCCCCCC. The van der Waals surface area contributed by atoms with Crippen LogP contribution in [0.4, 0.5) is 0 Å². The van der Waals surface area contributed by atoms with Crippen molar-refractivity contribution in [1.29, 1.82) is 0 Å². The lowest BCUT2D eigenvalue weighted by atomic mass is 10.0. The number of carbonyl (C=O) groups is 3. The smallest absolute Gasteiger partial charge is 0.306 e. The minimum absolute atomic E-state index is 0.0721. The van der Waals surface area contributed by atoms with Crippen molar-refractivity contribution in [1.82, 2.24) is 0 Å². The number of carbonyl (C=O) groups excluding carboxylic acids is 3. The quantitative estimate of drug-likeness (QED) is 0.0261. The van der Waals surface area contributed by atoms with Crippen LogP contribution in [0.2, 0.25) is 0 Å². The number of hydrogen-bond donors (Lipinski definition) is 0. The van der Waals surface area contributed by atoms with E-state index in [1.54, 1.807) is 0 Å². The van der Waals surface area contributed by atoms with Crippen LogP contribution in [0.25, 0.3) is 0 Å². The van der Waals surface area contributed by atoms with Crippen molar-refractivity contribution >= 4 is 17.9 Å². The van der Waals surface area contributed by atoms with Crippen LogP contribution in [0.1, 0.15) is 380 Å². The summed E-state index contributed by atoms with van der Waals surface area (Å²) < 4.78 is 17.0. The van der Waals surface area contributed by atoms with Crippen LogP contribution in [0.3, 0.4) is 0 Å². The molecule has 0 N–H and O–H groups in total. The van der Waals surface area contributed by atoms with Gasteiger partial charge in [-0.25, -0.2) is 0 Å². The molecule has 0 aliphatic heterocycles. The van der Waals surface area contributed by atoms with Crippen LogP contribution in [0.5, 0.6) is 0 Å². The summed E-state index contributed by atoms with van der Waals surface area (Å²) in [5.41, 5.74) is 0. The third-order valence-corrected chi connectivity index (χ3v) is 16.0. The van der Waals surface area contributed by atoms with Gasteiger partial charge in [-0.3, -0.25) is 14.4 Å². The Morgan fingerprint density at radius 1 is 0.259 bits per heavy atom. The average Bonchev–Trinajstić information content (AvgIpc) is 3.47. The molecule has 0 aromatic carbocycles. The number of allylic oxidation sites excluding steroid dienone is 10. The summed E-state index contributed by atoms with van der Waals surface area (Å²) in [5, 5.41) is 0. The van der Waals surface area contributed by atoms with Gasteiger partial charge in [-0.05, 0) is 64.2 Å². The van der Waals surface area contributed by atoms with E-state index in [1.165, 1.54) is 244 Å². The first-order valence-electron chi connectivity index (χ1n) is 35.8.